The molecule has 1 aromatic heterocycles. The Morgan fingerprint density at radius 2 is 1.84 bits per heavy atom. The number of aromatic nitrogens is 2. The zero-order chi connectivity index (χ0) is 32.0. The van der Waals surface area contributed by atoms with E-state index in [-0.39, 0.29) is 18.2 Å². The van der Waals surface area contributed by atoms with Gasteiger partial charge in [0.25, 0.3) is 0 Å². The lowest BCUT2D eigenvalue weighted by Gasteiger charge is -2.34. The van der Waals surface area contributed by atoms with Crippen LogP contribution in [-0.4, -0.2) is 72.0 Å². The molecule has 1 saturated heterocycles. The molecule has 0 unspecified atom stereocenters. The number of benzene rings is 3. The van der Waals surface area contributed by atoms with Gasteiger partial charge in [0, 0.05) is 51.7 Å². The second kappa shape index (κ2) is 14.3. The number of alkyl carbamates (subject to hydrolysis) is 1. The zero-order valence-electron chi connectivity index (χ0n) is 27.2. The van der Waals surface area contributed by atoms with Gasteiger partial charge in [-0.25, -0.2) is 9.78 Å². The van der Waals surface area contributed by atoms with Crippen LogP contribution in [0.1, 0.15) is 63.8 Å². The van der Waals surface area contributed by atoms with Crippen LogP contribution in [-0.2, 0) is 27.2 Å². The second-order valence-electron chi connectivity index (χ2n) is 12.9. The quantitative estimate of drug-likeness (QED) is 0.195. The molecular weight excluding hydrogens is 568 g/mol. The van der Waals surface area contributed by atoms with Crippen LogP contribution in [0.25, 0.3) is 21.8 Å². The standard InChI is InChI=1S/C36H46N4O5/c1-36(2,3)45-35(42)37-29(22-25-16-17-26-11-6-7-12-27(26)21-25)23-32(41)39-18-9-13-28(24-39)34-38-33-30(14-8-15-31(33)44-5)40(34)19-10-20-43-4/h6-8,11-12,14-17,21,28-29H,9-10,13,18-20,22-24H2,1-5H3,(H,37,42)/t28-,29-/m1/s1. The number of amides is 2. The number of ether oxygens (including phenoxy) is 3. The Balaban J connectivity index is 1.35. The third-order valence-electron chi connectivity index (χ3n) is 8.30. The summed E-state index contributed by atoms with van der Waals surface area (Å²) in [4.78, 5) is 33.8. The van der Waals surface area contributed by atoms with Crippen molar-refractivity contribution in [1.82, 2.24) is 19.8 Å². The average Bonchev–Trinajstić information content (AvgIpc) is 3.39. The fourth-order valence-corrected chi connectivity index (χ4v) is 6.27. The molecule has 9 heteroatoms. The SMILES string of the molecule is COCCCn1c([C@@H]2CCCN(C(=O)C[C@@H](Cc3ccc4ccccc4c3)NC(=O)OC(C)(C)C)C2)nc2c(OC)cccc21. The first-order valence-electron chi connectivity index (χ1n) is 15.9. The van der Waals surface area contributed by atoms with Crippen molar-refractivity contribution in [2.45, 2.75) is 77.0 Å². The first-order valence-corrected chi connectivity index (χ1v) is 15.9. The average molecular weight is 615 g/mol. The van der Waals surface area contributed by atoms with E-state index in [2.05, 4.69) is 46.3 Å². The lowest BCUT2D eigenvalue weighted by molar-refractivity contribution is -0.132. The highest BCUT2D eigenvalue weighted by atomic mass is 16.6. The molecule has 0 bridgehead atoms. The minimum Gasteiger partial charge on any atom is -0.494 e. The number of hydrogen-bond donors (Lipinski definition) is 1. The molecule has 1 aliphatic rings. The summed E-state index contributed by atoms with van der Waals surface area (Å²) < 4.78 is 18.8. The number of likely N-dealkylation sites (tertiary alicyclic amines) is 1. The number of carbonyl (C=O) groups excluding carboxylic acids is 2. The Morgan fingerprint density at radius 3 is 2.60 bits per heavy atom. The van der Waals surface area contributed by atoms with Crippen LogP contribution >= 0.6 is 0 Å². The van der Waals surface area contributed by atoms with Gasteiger partial charge in [0.2, 0.25) is 5.91 Å². The van der Waals surface area contributed by atoms with Crippen molar-refractivity contribution in [3.05, 3.63) is 72.1 Å². The van der Waals surface area contributed by atoms with Crippen LogP contribution < -0.4 is 10.1 Å². The molecule has 0 saturated carbocycles. The van der Waals surface area contributed by atoms with Crippen molar-refractivity contribution in [2.75, 3.05) is 33.9 Å². The number of nitrogens with one attached hydrogen (secondary N) is 1. The van der Waals surface area contributed by atoms with Gasteiger partial charge in [0.05, 0.1) is 12.6 Å². The Bertz CT molecular complexity index is 1630. The van der Waals surface area contributed by atoms with Crippen LogP contribution in [0.4, 0.5) is 4.79 Å². The predicted octanol–water partition coefficient (Wildman–Crippen LogP) is 6.47. The molecule has 9 nitrogen and oxygen atoms in total. The van der Waals surface area contributed by atoms with Crippen LogP contribution in [0.2, 0.25) is 0 Å². The van der Waals surface area contributed by atoms with Crippen LogP contribution in [0.3, 0.4) is 0 Å². The maximum Gasteiger partial charge on any atom is 0.407 e. The molecule has 2 atom stereocenters. The summed E-state index contributed by atoms with van der Waals surface area (Å²) in [6.45, 7) is 8.18. The summed E-state index contributed by atoms with van der Waals surface area (Å²) >= 11 is 0. The molecule has 0 aliphatic carbocycles. The largest absolute Gasteiger partial charge is 0.494 e. The molecule has 45 heavy (non-hydrogen) atoms. The van der Waals surface area contributed by atoms with E-state index in [9.17, 15) is 9.59 Å². The van der Waals surface area contributed by atoms with Gasteiger partial charge >= 0.3 is 6.09 Å². The fraction of sp³-hybridized carbons (Fsp3) is 0.472. The summed E-state index contributed by atoms with van der Waals surface area (Å²) in [6, 6.07) is 20.0. The highest BCUT2D eigenvalue weighted by Crippen LogP contribution is 2.33. The van der Waals surface area contributed by atoms with Crippen LogP contribution in [0.15, 0.2) is 60.7 Å². The molecular formula is C36H46N4O5. The highest BCUT2D eigenvalue weighted by molar-refractivity contribution is 5.84. The lowest BCUT2D eigenvalue weighted by atomic mass is 9.95. The number of rotatable bonds is 11. The van der Waals surface area contributed by atoms with Crippen molar-refractivity contribution in [2.24, 2.45) is 0 Å². The second-order valence-corrected chi connectivity index (χ2v) is 12.9. The van der Waals surface area contributed by atoms with E-state index in [0.29, 0.717) is 26.1 Å². The van der Waals surface area contributed by atoms with Gasteiger partial charge < -0.3 is 29.0 Å². The van der Waals surface area contributed by atoms with Crippen molar-refractivity contribution < 1.29 is 23.8 Å². The number of methoxy groups -OCH3 is 2. The van der Waals surface area contributed by atoms with E-state index in [1.165, 1.54) is 0 Å². The minimum atomic E-state index is -0.640. The third kappa shape index (κ3) is 8.14. The number of aryl methyl sites for hydroxylation is 1. The zero-order valence-corrected chi connectivity index (χ0v) is 27.2. The fourth-order valence-electron chi connectivity index (χ4n) is 6.27. The molecule has 1 fully saturated rings. The van der Waals surface area contributed by atoms with Crippen molar-refractivity contribution in [3.8, 4) is 5.75 Å². The minimum absolute atomic E-state index is 0.0150. The summed E-state index contributed by atoms with van der Waals surface area (Å²) in [5.41, 5.74) is 2.28. The van der Waals surface area contributed by atoms with Gasteiger partial charge in [-0.2, -0.15) is 0 Å². The van der Waals surface area contributed by atoms with Gasteiger partial charge in [-0.15, -0.1) is 0 Å². The molecule has 240 valence electrons. The van der Waals surface area contributed by atoms with E-state index < -0.39 is 17.7 Å². The maximum atomic E-state index is 13.9. The summed E-state index contributed by atoms with van der Waals surface area (Å²) in [5, 5.41) is 5.28. The molecule has 1 N–H and O–H groups in total. The van der Waals surface area contributed by atoms with Crippen LogP contribution in [0, 0.1) is 0 Å². The van der Waals surface area contributed by atoms with Crippen molar-refractivity contribution in [3.63, 3.8) is 0 Å². The monoisotopic (exact) mass is 614 g/mol. The van der Waals surface area contributed by atoms with Crippen molar-refractivity contribution >= 4 is 33.8 Å². The first kappa shape index (κ1) is 32.3. The number of fused-ring (bicyclic) bond motifs is 2. The molecule has 5 rings (SSSR count). The third-order valence-corrected chi connectivity index (χ3v) is 8.30. The summed E-state index contributed by atoms with van der Waals surface area (Å²) in [5.74, 6) is 1.82. The number of carbonyl (C=O) groups is 2. The maximum absolute atomic E-state index is 13.9. The lowest BCUT2D eigenvalue weighted by Crippen LogP contribution is -2.46. The summed E-state index contributed by atoms with van der Waals surface area (Å²) in [7, 11) is 3.38. The van der Waals surface area contributed by atoms with Gasteiger partial charge in [-0.1, -0.05) is 48.5 Å². The normalized spacial score (nSPS) is 16.1. The van der Waals surface area contributed by atoms with E-state index >= 15 is 0 Å². The Morgan fingerprint density at radius 1 is 1.04 bits per heavy atom. The summed E-state index contributed by atoms with van der Waals surface area (Å²) in [6.07, 6.45) is 2.85. The van der Waals surface area contributed by atoms with E-state index in [1.807, 2.05) is 49.9 Å². The smallest absolute Gasteiger partial charge is 0.407 e. The Hall–Kier alpha value is -4.11. The molecule has 2 amide bonds. The van der Waals surface area contributed by atoms with Gasteiger partial charge in [-0.05, 0) is 74.9 Å². The Labute approximate surface area is 265 Å². The van der Waals surface area contributed by atoms with E-state index in [0.717, 1.165) is 64.8 Å². The molecule has 3 aromatic carbocycles. The van der Waals surface area contributed by atoms with Gasteiger partial charge in [-0.3, -0.25) is 4.79 Å². The van der Waals surface area contributed by atoms with Crippen LogP contribution in [0.5, 0.6) is 5.75 Å². The molecule has 2 heterocycles. The molecule has 1 aliphatic heterocycles. The topological polar surface area (TPSA) is 94.9 Å². The number of imidazole rings is 1. The number of hydrogen-bond acceptors (Lipinski definition) is 6. The van der Waals surface area contributed by atoms with Gasteiger partial charge in [0.15, 0.2) is 0 Å². The number of para-hydroxylation sites is 1. The molecule has 0 radical (unpaired) electrons. The van der Waals surface area contributed by atoms with Gasteiger partial charge in [0.1, 0.15) is 22.7 Å². The number of piperidine rings is 1. The Kier molecular flexibility index (Phi) is 10.3. The molecule has 0 spiro atoms. The van der Waals surface area contributed by atoms with Crippen molar-refractivity contribution in [1.29, 1.82) is 0 Å². The van der Waals surface area contributed by atoms with E-state index in [4.69, 9.17) is 19.2 Å². The molecule has 4 aromatic rings. The predicted molar refractivity (Wildman–Crippen MR) is 177 cm³/mol. The van der Waals surface area contributed by atoms with E-state index in [1.54, 1.807) is 14.2 Å². The first-order chi connectivity index (χ1) is 21.6. The number of nitrogens with zero attached hydrogens (tertiary/aromatic N) is 3. The highest BCUT2D eigenvalue weighted by Gasteiger charge is 2.31.